The van der Waals surface area contributed by atoms with Gasteiger partial charge in [0.05, 0.1) is 6.17 Å². The summed E-state index contributed by atoms with van der Waals surface area (Å²) < 4.78 is 0. The Kier molecular flexibility index (Phi) is 7.13. The maximum atomic E-state index is 5.91. The van der Waals surface area contributed by atoms with Crippen molar-refractivity contribution in [2.75, 3.05) is 6.54 Å². The molecule has 3 nitrogen and oxygen atoms in total. The first kappa shape index (κ1) is 14.4. The zero-order valence-electron chi connectivity index (χ0n) is 11.3. The lowest BCUT2D eigenvalue weighted by Crippen LogP contribution is -2.43. The molecule has 0 aromatic carbocycles. The lowest BCUT2D eigenvalue weighted by atomic mass is 10.1. The molecule has 2 unspecified atom stereocenters. The highest BCUT2D eigenvalue weighted by molar-refractivity contribution is 5.62. The van der Waals surface area contributed by atoms with Gasteiger partial charge in [0.2, 0.25) is 0 Å². The third-order valence-corrected chi connectivity index (χ3v) is 3.29. The molecule has 1 aliphatic heterocycles. The average molecular weight is 237 g/mol. The summed E-state index contributed by atoms with van der Waals surface area (Å²) in [5.74, 6) is 0. The maximum absolute atomic E-state index is 5.91. The second-order valence-electron chi connectivity index (χ2n) is 4.81. The molecular formula is C14H27N3. The fraction of sp³-hybridized carbons (Fsp3) is 0.786. The van der Waals surface area contributed by atoms with Crippen LogP contribution in [0.5, 0.6) is 0 Å². The molecule has 0 aliphatic carbocycles. The van der Waals surface area contributed by atoms with Gasteiger partial charge in [-0.1, -0.05) is 25.0 Å². The minimum Gasteiger partial charge on any atom is -0.316 e. The summed E-state index contributed by atoms with van der Waals surface area (Å²) in [5.41, 5.74) is 5.91. The fourth-order valence-electron chi connectivity index (χ4n) is 2.26. The van der Waals surface area contributed by atoms with Gasteiger partial charge in [-0.2, -0.15) is 0 Å². The molecular weight excluding hydrogens is 210 g/mol. The standard InChI is InChI=1S/C14H27N3/c1-3-4-5-6-7-8-9-10-14-16-11-12-17(14)13(2)15/h3-4,11,13-14H,5-10,12,15H2,1-2H3/b4-3+. The number of nitrogens with zero attached hydrogens (tertiary/aromatic N) is 2. The quantitative estimate of drug-likeness (QED) is 0.521. The van der Waals surface area contributed by atoms with Crippen LogP contribution < -0.4 is 5.73 Å². The second-order valence-corrected chi connectivity index (χ2v) is 4.81. The second kappa shape index (κ2) is 8.43. The van der Waals surface area contributed by atoms with E-state index in [1.807, 2.05) is 13.1 Å². The van der Waals surface area contributed by atoms with E-state index < -0.39 is 0 Å². The van der Waals surface area contributed by atoms with E-state index in [4.69, 9.17) is 5.73 Å². The fourth-order valence-corrected chi connectivity index (χ4v) is 2.26. The van der Waals surface area contributed by atoms with Crippen molar-refractivity contribution in [1.82, 2.24) is 4.90 Å². The molecule has 98 valence electrons. The third kappa shape index (κ3) is 5.46. The van der Waals surface area contributed by atoms with Crippen LogP contribution in [0, 0.1) is 0 Å². The van der Waals surface area contributed by atoms with Crippen LogP contribution in [0.3, 0.4) is 0 Å². The van der Waals surface area contributed by atoms with Crippen molar-refractivity contribution in [1.29, 1.82) is 0 Å². The summed E-state index contributed by atoms with van der Waals surface area (Å²) in [6, 6.07) is 0. The molecule has 1 aliphatic rings. The van der Waals surface area contributed by atoms with Gasteiger partial charge >= 0.3 is 0 Å². The number of hydrogen-bond acceptors (Lipinski definition) is 3. The predicted octanol–water partition coefficient (Wildman–Crippen LogP) is 2.92. The Bertz CT molecular complexity index is 246. The van der Waals surface area contributed by atoms with E-state index in [-0.39, 0.29) is 6.17 Å². The highest BCUT2D eigenvalue weighted by Crippen LogP contribution is 2.16. The summed E-state index contributed by atoms with van der Waals surface area (Å²) in [5, 5.41) is 0. The maximum Gasteiger partial charge on any atom is 0.103 e. The van der Waals surface area contributed by atoms with E-state index in [0.29, 0.717) is 6.17 Å². The van der Waals surface area contributed by atoms with Crippen LogP contribution in [0.1, 0.15) is 52.4 Å². The van der Waals surface area contributed by atoms with E-state index in [2.05, 4.69) is 29.0 Å². The summed E-state index contributed by atoms with van der Waals surface area (Å²) in [6.07, 6.45) is 14.5. The Balaban J connectivity index is 2.04. The molecule has 0 spiro atoms. The number of rotatable bonds is 8. The van der Waals surface area contributed by atoms with Crippen molar-refractivity contribution in [2.24, 2.45) is 10.7 Å². The SMILES string of the molecule is C/C=C/CCCCCCC1N=CCN1C(C)N. The zero-order valence-corrected chi connectivity index (χ0v) is 11.3. The normalized spacial score (nSPS) is 22.6. The molecule has 0 radical (unpaired) electrons. The highest BCUT2D eigenvalue weighted by atomic mass is 15.3. The van der Waals surface area contributed by atoms with Crippen LogP contribution >= 0.6 is 0 Å². The molecule has 0 aromatic rings. The Morgan fingerprint density at radius 2 is 2.18 bits per heavy atom. The van der Waals surface area contributed by atoms with Gasteiger partial charge in [-0.3, -0.25) is 9.89 Å². The number of nitrogens with two attached hydrogens (primary N) is 1. The molecule has 0 amide bonds. The Morgan fingerprint density at radius 1 is 1.41 bits per heavy atom. The van der Waals surface area contributed by atoms with Crippen molar-refractivity contribution in [3.8, 4) is 0 Å². The van der Waals surface area contributed by atoms with Crippen LogP contribution in [-0.4, -0.2) is 30.0 Å². The monoisotopic (exact) mass is 237 g/mol. The molecule has 0 bridgehead atoms. The summed E-state index contributed by atoms with van der Waals surface area (Å²) in [6.45, 7) is 5.04. The van der Waals surface area contributed by atoms with Gasteiger partial charge in [-0.15, -0.1) is 0 Å². The van der Waals surface area contributed by atoms with Crippen molar-refractivity contribution in [3.05, 3.63) is 12.2 Å². The Labute approximate surface area is 106 Å². The first-order valence-corrected chi connectivity index (χ1v) is 6.90. The number of hydrogen-bond donors (Lipinski definition) is 1. The van der Waals surface area contributed by atoms with Crippen molar-refractivity contribution >= 4 is 6.21 Å². The van der Waals surface area contributed by atoms with Crippen LogP contribution in [0.2, 0.25) is 0 Å². The predicted molar refractivity (Wildman–Crippen MR) is 75.2 cm³/mol. The van der Waals surface area contributed by atoms with E-state index in [1.165, 1.54) is 32.1 Å². The zero-order chi connectivity index (χ0) is 12.5. The van der Waals surface area contributed by atoms with E-state index in [0.717, 1.165) is 13.0 Å². The molecule has 3 heteroatoms. The molecule has 1 heterocycles. The van der Waals surface area contributed by atoms with Gasteiger partial charge in [0, 0.05) is 12.8 Å². The van der Waals surface area contributed by atoms with E-state index >= 15 is 0 Å². The van der Waals surface area contributed by atoms with Crippen LogP contribution in [0.15, 0.2) is 17.1 Å². The van der Waals surface area contributed by atoms with Crippen molar-refractivity contribution < 1.29 is 0 Å². The smallest absolute Gasteiger partial charge is 0.103 e. The van der Waals surface area contributed by atoms with Gasteiger partial charge in [-0.25, -0.2) is 0 Å². The minimum absolute atomic E-state index is 0.122. The Hall–Kier alpha value is -0.670. The molecule has 0 fully saturated rings. The Morgan fingerprint density at radius 3 is 2.88 bits per heavy atom. The lowest BCUT2D eigenvalue weighted by Gasteiger charge is -2.26. The number of aliphatic imine (C=N–C) groups is 1. The van der Waals surface area contributed by atoms with Crippen molar-refractivity contribution in [3.63, 3.8) is 0 Å². The molecule has 1 rings (SSSR count). The van der Waals surface area contributed by atoms with Gasteiger partial charge in [0.15, 0.2) is 0 Å². The largest absolute Gasteiger partial charge is 0.316 e. The van der Waals surface area contributed by atoms with Crippen LogP contribution in [0.25, 0.3) is 0 Å². The first-order valence-electron chi connectivity index (χ1n) is 6.90. The molecule has 2 atom stereocenters. The number of allylic oxidation sites excluding steroid dienone is 2. The first-order chi connectivity index (χ1) is 8.25. The minimum atomic E-state index is 0.122. The molecule has 0 aromatic heterocycles. The van der Waals surface area contributed by atoms with Gasteiger partial charge in [-0.05, 0) is 39.5 Å². The lowest BCUT2D eigenvalue weighted by molar-refractivity contribution is 0.182. The summed E-state index contributed by atoms with van der Waals surface area (Å²) in [7, 11) is 0. The molecule has 0 saturated heterocycles. The van der Waals surface area contributed by atoms with Gasteiger partial charge in [0.25, 0.3) is 0 Å². The molecule has 0 saturated carbocycles. The topological polar surface area (TPSA) is 41.6 Å². The van der Waals surface area contributed by atoms with Gasteiger partial charge in [0.1, 0.15) is 6.17 Å². The van der Waals surface area contributed by atoms with Gasteiger partial charge < -0.3 is 5.73 Å². The summed E-state index contributed by atoms with van der Waals surface area (Å²) in [4.78, 5) is 6.76. The molecule has 2 N–H and O–H groups in total. The molecule has 17 heavy (non-hydrogen) atoms. The van der Waals surface area contributed by atoms with E-state index in [1.54, 1.807) is 0 Å². The van der Waals surface area contributed by atoms with Crippen molar-refractivity contribution in [2.45, 2.75) is 64.7 Å². The number of unbranched alkanes of at least 4 members (excludes halogenated alkanes) is 4. The van der Waals surface area contributed by atoms with E-state index in [9.17, 15) is 0 Å². The van der Waals surface area contributed by atoms with Crippen LogP contribution in [-0.2, 0) is 0 Å². The summed E-state index contributed by atoms with van der Waals surface area (Å²) >= 11 is 0. The van der Waals surface area contributed by atoms with Crippen LogP contribution in [0.4, 0.5) is 0 Å². The average Bonchev–Trinajstić information content (AvgIpc) is 2.76. The third-order valence-electron chi connectivity index (χ3n) is 3.29. The highest BCUT2D eigenvalue weighted by Gasteiger charge is 2.22.